The molecule has 1 aliphatic heterocycles. The molecule has 0 aliphatic carbocycles. The number of fused-ring (bicyclic) bond motifs is 1. The number of anilines is 1. The van der Waals surface area contributed by atoms with Crippen molar-refractivity contribution in [3.8, 4) is 5.75 Å². The highest BCUT2D eigenvalue weighted by atomic mass is 16.5. The minimum Gasteiger partial charge on any atom is -0.487 e. The summed E-state index contributed by atoms with van der Waals surface area (Å²) in [5.74, 6) is 0.129. The maximum Gasteiger partial charge on any atom is 0.339 e. The highest BCUT2D eigenvalue weighted by molar-refractivity contribution is 5.88. The summed E-state index contributed by atoms with van der Waals surface area (Å²) >= 11 is 0. The summed E-state index contributed by atoms with van der Waals surface area (Å²) in [4.78, 5) is 22.8. The van der Waals surface area contributed by atoms with E-state index in [1.54, 1.807) is 0 Å². The van der Waals surface area contributed by atoms with Crippen molar-refractivity contribution in [2.24, 2.45) is 0 Å². The van der Waals surface area contributed by atoms with Gasteiger partial charge in [-0.25, -0.2) is 14.8 Å². The molecule has 1 N–H and O–H groups in total. The Labute approximate surface area is 198 Å². The van der Waals surface area contributed by atoms with E-state index in [4.69, 9.17) is 4.74 Å². The Hall–Kier alpha value is -4.19. The van der Waals surface area contributed by atoms with E-state index < -0.39 is 5.97 Å². The first-order valence-corrected chi connectivity index (χ1v) is 11.3. The minimum absolute atomic E-state index is 0.0552. The summed E-state index contributed by atoms with van der Waals surface area (Å²) in [5, 5.41) is 9.62. The van der Waals surface area contributed by atoms with Crippen LogP contribution in [-0.2, 0) is 26.0 Å². The third-order valence-electron chi connectivity index (χ3n) is 6.05. The Bertz CT molecular complexity index is 1290. The van der Waals surface area contributed by atoms with E-state index in [1.807, 2.05) is 48.5 Å². The van der Waals surface area contributed by atoms with Crippen LogP contribution in [0.4, 0.5) is 5.95 Å². The first-order chi connectivity index (χ1) is 16.7. The lowest BCUT2D eigenvalue weighted by atomic mass is 10.0. The van der Waals surface area contributed by atoms with Crippen LogP contribution in [0, 0.1) is 0 Å². The summed E-state index contributed by atoms with van der Waals surface area (Å²) in [7, 11) is 0. The van der Waals surface area contributed by atoms with Crippen LogP contribution < -0.4 is 9.64 Å². The molecular formula is C28H25N3O3. The zero-order valence-corrected chi connectivity index (χ0v) is 18.7. The van der Waals surface area contributed by atoms with E-state index in [0.717, 1.165) is 19.4 Å². The predicted octanol–water partition coefficient (Wildman–Crippen LogP) is 4.91. The first kappa shape index (κ1) is 21.6. The zero-order chi connectivity index (χ0) is 23.3. The van der Waals surface area contributed by atoms with Crippen molar-refractivity contribution in [2.45, 2.75) is 26.0 Å². The molecular weight excluding hydrogens is 426 g/mol. The van der Waals surface area contributed by atoms with Crippen LogP contribution in [0.1, 0.15) is 38.3 Å². The van der Waals surface area contributed by atoms with E-state index in [0.29, 0.717) is 23.9 Å². The van der Waals surface area contributed by atoms with Gasteiger partial charge in [0.25, 0.3) is 0 Å². The molecule has 0 saturated carbocycles. The molecule has 3 aromatic carbocycles. The van der Waals surface area contributed by atoms with Gasteiger partial charge in [0.1, 0.15) is 17.9 Å². The number of hydrogen-bond acceptors (Lipinski definition) is 5. The Morgan fingerprint density at radius 1 is 0.912 bits per heavy atom. The number of carbonyl (C=O) groups is 1. The number of hydrogen-bond donors (Lipinski definition) is 1. The van der Waals surface area contributed by atoms with Gasteiger partial charge in [0.15, 0.2) is 0 Å². The number of carboxylic acid groups (broad SMARTS) is 1. The van der Waals surface area contributed by atoms with Crippen LogP contribution >= 0.6 is 0 Å². The average Bonchev–Trinajstić information content (AvgIpc) is 2.88. The molecule has 0 unspecified atom stereocenters. The van der Waals surface area contributed by atoms with Gasteiger partial charge in [0.2, 0.25) is 5.95 Å². The molecule has 5 rings (SSSR count). The molecule has 0 bridgehead atoms. The predicted molar refractivity (Wildman–Crippen MR) is 130 cm³/mol. The fourth-order valence-corrected chi connectivity index (χ4v) is 4.20. The maximum absolute atomic E-state index is 11.8. The molecule has 1 aliphatic rings. The zero-order valence-electron chi connectivity index (χ0n) is 18.7. The number of benzene rings is 3. The van der Waals surface area contributed by atoms with Gasteiger partial charge in [-0.3, -0.25) is 0 Å². The fraction of sp³-hybridized carbons (Fsp3) is 0.179. The van der Waals surface area contributed by atoms with E-state index in [-0.39, 0.29) is 12.2 Å². The van der Waals surface area contributed by atoms with Crippen molar-refractivity contribution in [3.63, 3.8) is 0 Å². The second kappa shape index (κ2) is 9.75. The van der Waals surface area contributed by atoms with Crippen molar-refractivity contribution in [2.75, 3.05) is 11.4 Å². The van der Waals surface area contributed by atoms with Crippen LogP contribution in [0.25, 0.3) is 0 Å². The Morgan fingerprint density at radius 3 is 2.38 bits per heavy atom. The molecule has 1 aromatic heterocycles. The number of carboxylic acids is 1. The standard InChI is InChI=1S/C28H25N3O3/c32-27(33)25-17-29-28(31-15-14-22-8-4-5-9-23(22)18-31)30-26(25)19-34-24-12-10-21(11-13-24)16-20-6-2-1-3-7-20/h1-13,17H,14-16,18-19H2,(H,32,33). The van der Waals surface area contributed by atoms with Crippen LogP contribution in [0.3, 0.4) is 0 Å². The van der Waals surface area contributed by atoms with Crippen LogP contribution in [0.15, 0.2) is 85.1 Å². The van der Waals surface area contributed by atoms with Crippen molar-refractivity contribution < 1.29 is 14.6 Å². The summed E-state index contributed by atoms with van der Waals surface area (Å²) in [6.07, 6.45) is 3.13. The van der Waals surface area contributed by atoms with Gasteiger partial charge in [-0.2, -0.15) is 0 Å². The lowest BCUT2D eigenvalue weighted by Crippen LogP contribution is -2.32. The van der Waals surface area contributed by atoms with Gasteiger partial charge in [0.05, 0.1) is 5.69 Å². The summed E-state index contributed by atoms with van der Waals surface area (Å²) in [5.41, 5.74) is 5.43. The van der Waals surface area contributed by atoms with Crippen molar-refractivity contribution >= 4 is 11.9 Å². The van der Waals surface area contributed by atoms with Gasteiger partial charge in [0, 0.05) is 19.3 Å². The number of ether oxygens (including phenoxy) is 1. The summed E-state index contributed by atoms with van der Waals surface area (Å²) in [6, 6.07) is 26.5. The number of rotatable bonds is 7. The quantitative estimate of drug-likeness (QED) is 0.430. The summed E-state index contributed by atoms with van der Waals surface area (Å²) < 4.78 is 5.91. The van der Waals surface area contributed by atoms with E-state index in [2.05, 4.69) is 45.2 Å². The number of aromatic nitrogens is 2. The SMILES string of the molecule is O=C(O)c1cnc(N2CCc3ccccc3C2)nc1COc1ccc(Cc2ccccc2)cc1. The Morgan fingerprint density at radius 2 is 1.62 bits per heavy atom. The molecule has 0 atom stereocenters. The lowest BCUT2D eigenvalue weighted by molar-refractivity contribution is 0.0692. The van der Waals surface area contributed by atoms with Gasteiger partial charge >= 0.3 is 5.97 Å². The fourth-order valence-electron chi connectivity index (χ4n) is 4.20. The van der Waals surface area contributed by atoms with Gasteiger partial charge in [-0.1, -0.05) is 66.7 Å². The van der Waals surface area contributed by atoms with E-state index in [1.165, 1.54) is 28.5 Å². The van der Waals surface area contributed by atoms with E-state index in [9.17, 15) is 9.90 Å². The first-order valence-electron chi connectivity index (χ1n) is 11.3. The number of nitrogens with zero attached hydrogens (tertiary/aromatic N) is 3. The molecule has 2 heterocycles. The molecule has 0 spiro atoms. The Kier molecular flexibility index (Phi) is 6.21. The second-order valence-corrected chi connectivity index (χ2v) is 8.37. The molecule has 4 aromatic rings. The number of aromatic carboxylic acids is 1. The molecule has 34 heavy (non-hydrogen) atoms. The molecule has 6 heteroatoms. The molecule has 0 saturated heterocycles. The van der Waals surface area contributed by atoms with Gasteiger partial charge < -0.3 is 14.7 Å². The van der Waals surface area contributed by atoms with Crippen LogP contribution in [0.2, 0.25) is 0 Å². The van der Waals surface area contributed by atoms with Crippen molar-refractivity contribution in [1.29, 1.82) is 0 Å². The normalized spacial score (nSPS) is 12.8. The molecule has 0 fully saturated rings. The molecule has 6 nitrogen and oxygen atoms in total. The topological polar surface area (TPSA) is 75.5 Å². The third-order valence-corrected chi connectivity index (χ3v) is 6.05. The smallest absolute Gasteiger partial charge is 0.339 e. The highest BCUT2D eigenvalue weighted by Gasteiger charge is 2.21. The molecule has 170 valence electrons. The van der Waals surface area contributed by atoms with Gasteiger partial charge in [-0.05, 0) is 47.2 Å². The van der Waals surface area contributed by atoms with Crippen LogP contribution in [0.5, 0.6) is 5.75 Å². The highest BCUT2D eigenvalue weighted by Crippen LogP contribution is 2.23. The van der Waals surface area contributed by atoms with Crippen LogP contribution in [-0.4, -0.2) is 27.6 Å². The minimum atomic E-state index is -1.06. The Balaban J connectivity index is 1.29. The lowest BCUT2D eigenvalue weighted by Gasteiger charge is -2.29. The van der Waals surface area contributed by atoms with E-state index >= 15 is 0 Å². The summed E-state index contributed by atoms with van der Waals surface area (Å²) in [6.45, 7) is 1.54. The van der Waals surface area contributed by atoms with Gasteiger partial charge in [-0.15, -0.1) is 0 Å². The van der Waals surface area contributed by atoms with Crippen molar-refractivity contribution in [3.05, 3.63) is 119 Å². The van der Waals surface area contributed by atoms with Crippen molar-refractivity contribution in [1.82, 2.24) is 9.97 Å². The third kappa shape index (κ3) is 4.91. The average molecular weight is 452 g/mol. The largest absolute Gasteiger partial charge is 0.487 e. The molecule has 0 amide bonds. The second-order valence-electron chi connectivity index (χ2n) is 8.37. The monoisotopic (exact) mass is 451 g/mol. The maximum atomic E-state index is 11.8. The molecule has 0 radical (unpaired) electrons.